The number of nitriles is 1. The molecule has 0 N–H and O–H groups in total. The average Bonchev–Trinajstić information content (AvgIpc) is 2.62. The Kier molecular flexibility index (Phi) is 4.20. The third-order valence-corrected chi connectivity index (χ3v) is 3.30. The van der Waals surface area contributed by atoms with Crippen LogP contribution in [-0.4, -0.2) is 15.0 Å². The quantitative estimate of drug-likeness (QED) is 0.692. The highest BCUT2D eigenvalue weighted by Crippen LogP contribution is 2.26. The lowest BCUT2D eigenvalue weighted by Crippen LogP contribution is -2.17. The molecule has 0 spiro atoms. The summed E-state index contributed by atoms with van der Waals surface area (Å²) in [7, 11) is 0. The van der Waals surface area contributed by atoms with E-state index in [0.29, 0.717) is 12.1 Å². The topological polar surface area (TPSA) is 65.7 Å². The molecule has 112 valence electrons. The fourth-order valence-corrected chi connectivity index (χ4v) is 2.16. The van der Waals surface area contributed by atoms with Gasteiger partial charge in [-0.2, -0.15) is 9.65 Å². The van der Waals surface area contributed by atoms with Gasteiger partial charge in [-0.15, -0.1) is 0 Å². The van der Waals surface area contributed by atoms with Crippen molar-refractivity contribution in [2.45, 2.75) is 6.54 Å². The van der Waals surface area contributed by atoms with Crippen molar-refractivity contribution in [2.75, 3.05) is 4.90 Å². The van der Waals surface area contributed by atoms with Gasteiger partial charge in [0.1, 0.15) is 6.33 Å². The average molecular weight is 305 g/mol. The number of nitrogens with zero attached hydrogens (tertiary/aromatic N) is 5. The Hall–Kier alpha value is -3.33. The van der Waals surface area contributed by atoms with Crippen molar-refractivity contribution in [2.24, 2.45) is 0 Å². The van der Waals surface area contributed by atoms with Crippen LogP contribution in [0.3, 0.4) is 0 Å². The van der Waals surface area contributed by atoms with Gasteiger partial charge in [0.15, 0.2) is 0 Å². The highest BCUT2D eigenvalue weighted by Gasteiger charge is 2.11. The molecule has 0 fully saturated rings. The summed E-state index contributed by atoms with van der Waals surface area (Å²) in [5, 5.41) is 8.92. The number of aromatic nitrogens is 3. The first kappa shape index (κ1) is 14.6. The lowest BCUT2D eigenvalue weighted by molar-refractivity contribution is 0.582. The molecular formula is C17H12FN5. The van der Waals surface area contributed by atoms with E-state index in [1.54, 1.807) is 30.6 Å². The Balaban J connectivity index is 1.96. The molecule has 3 aromatic rings. The van der Waals surface area contributed by atoms with Gasteiger partial charge in [-0.25, -0.2) is 15.0 Å². The molecule has 0 aliphatic carbocycles. The first-order valence-corrected chi connectivity index (χ1v) is 6.89. The van der Waals surface area contributed by atoms with Crippen molar-refractivity contribution in [3.8, 4) is 6.07 Å². The monoisotopic (exact) mass is 305 g/mol. The zero-order valence-corrected chi connectivity index (χ0v) is 12.1. The number of halogens is 1. The van der Waals surface area contributed by atoms with Gasteiger partial charge in [-0.05, 0) is 35.9 Å². The number of anilines is 2. The van der Waals surface area contributed by atoms with E-state index in [-0.39, 0.29) is 0 Å². The van der Waals surface area contributed by atoms with E-state index in [1.807, 2.05) is 17.0 Å². The van der Waals surface area contributed by atoms with Crippen LogP contribution in [0.15, 0.2) is 61.3 Å². The van der Waals surface area contributed by atoms with Crippen LogP contribution in [-0.2, 0) is 6.54 Å². The molecule has 0 unspecified atom stereocenters. The molecule has 0 saturated heterocycles. The van der Waals surface area contributed by atoms with Crippen molar-refractivity contribution in [1.82, 2.24) is 15.0 Å². The highest BCUT2D eigenvalue weighted by atomic mass is 19.1. The molecule has 0 atom stereocenters. The van der Waals surface area contributed by atoms with Gasteiger partial charge in [0.2, 0.25) is 5.95 Å². The second-order valence-corrected chi connectivity index (χ2v) is 4.83. The first-order valence-electron chi connectivity index (χ1n) is 6.89. The maximum atomic E-state index is 13.0. The fraction of sp³-hybridized carbons (Fsp3) is 0.0588. The lowest BCUT2D eigenvalue weighted by atomic mass is 10.2. The smallest absolute Gasteiger partial charge is 0.212 e. The summed E-state index contributed by atoms with van der Waals surface area (Å²) in [6.07, 6.45) is 6.35. The molecule has 0 saturated carbocycles. The van der Waals surface area contributed by atoms with E-state index in [9.17, 15) is 4.39 Å². The summed E-state index contributed by atoms with van der Waals surface area (Å²) in [4.78, 5) is 13.7. The summed E-state index contributed by atoms with van der Waals surface area (Å²) in [6, 6.07) is 12.3. The standard InChI is InChI=1S/C17H12FN5/c18-17-6-3-14(8-22-17)11-23(16-9-20-12-21-10-16)15-4-1-13(7-19)2-5-15/h1-6,8-10,12H,11H2. The molecular weight excluding hydrogens is 293 g/mol. The molecule has 0 amide bonds. The molecule has 1 aromatic carbocycles. The van der Waals surface area contributed by atoms with Crippen LogP contribution in [0.25, 0.3) is 0 Å². The Morgan fingerprint density at radius 3 is 2.30 bits per heavy atom. The van der Waals surface area contributed by atoms with Gasteiger partial charge < -0.3 is 4.90 Å². The van der Waals surface area contributed by atoms with Gasteiger partial charge >= 0.3 is 0 Å². The Labute approximate surface area is 132 Å². The minimum absolute atomic E-state index is 0.479. The number of hydrogen-bond acceptors (Lipinski definition) is 5. The Morgan fingerprint density at radius 1 is 0.957 bits per heavy atom. The fourth-order valence-electron chi connectivity index (χ4n) is 2.16. The van der Waals surface area contributed by atoms with Crippen LogP contribution in [0.4, 0.5) is 15.8 Å². The van der Waals surface area contributed by atoms with E-state index >= 15 is 0 Å². The van der Waals surface area contributed by atoms with Gasteiger partial charge in [-0.1, -0.05) is 6.07 Å². The SMILES string of the molecule is N#Cc1ccc(N(Cc2ccc(F)nc2)c2cncnc2)cc1. The molecule has 0 bridgehead atoms. The van der Waals surface area contributed by atoms with Gasteiger partial charge in [0.25, 0.3) is 0 Å². The van der Waals surface area contributed by atoms with Crippen molar-refractivity contribution in [3.63, 3.8) is 0 Å². The molecule has 0 radical (unpaired) electrons. The van der Waals surface area contributed by atoms with Gasteiger partial charge in [0, 0.05) is 18.4 Å². The third kappa shape index (κ3) is 3.47. The lowest BCUT2D eigenvalue weighted by Gasteiger charge is -2.24. The van der Waals surface area contributed by atoms with Crippen LogP contribution in [0.5, 0.6) is 0 Å². The molecule has 23 heavy (non-hydrogen) atoms. The van der Waals surface area contributed by atoms with Crippen LogP contribution < -0.4 is 4.90 Å². The van der Waals surface area contributed by atoms with Crippen LogP contribution >= 0.6 is 0 Å². The predicted octanol–water partition coefficient (Wildman–Crippen LogP) is 3.22. The number of pyridine rings is 1. The van der Waals surface area contributed by atoms with E-state index in [4.69, 9.17) is 5.26 Å². The summed E-state index contributed by atoms with van der Waals surface area (Å²) in [5.41, 5.74) is 3.10. The second-order valence-electron chi connectivity index (χ2n) is 4.83. The van der Waals surface area contributed by atoms with Gasteiger partial charge in [0.05, 0.1) is 29.7 Å². The zero-order valence-electron chi connectivity index (χ0n) is 12.1. The normalized spacial score (nSPS) is 10.1. The van der Waals surface area contributed by atoms with Crippen LogP contribution in [0.1, 0.15) is 11.1 Å². The largest absolute Gasteiger partial charge is 0.334 e. The second kappa shape index (κ2) is 6.62. The minimum atomic E-state index is -0.512. The van der Waals surface area contributed by atoms with E-state index in [1.165, 1.54) is 18.6 Å². The highest BCUT2D eigenvalue weighted by molar-refractivity contribution is 5.62. The molecule has 2 aromatic heterocycles. The Morgan fingerprint density at radius 2 is 1.70 bits per heavy atom. The maximum Gasteiger partial charge on any atom is 0.212 e. The molecule has 0 aliphatic heterocycles. The van der Waals surface area contributed by atoms with E-state index in [0.717, 1.165) is 16.9 Å². The third-order valence-electron chi connectivity index (χ3n) is 3.30. The number of hydrogen-bond donors (Lipinski definition) is 0. The van der Waals surface area contributed by atoms with Crippen LogP contribution in [0, 0.1) is 17.3 Å². The van der Waals surface area contributed by atoms with Crippen LogP contribution in [0.2, 0.25) is 0 Å². The summed E-state index contributed by atoms with van der Waals surface area (Å²) in [5.74, 6) is -0.512. The molecule has 2 heterocycles. The predicted molar refractivity (Wildman–Crippen MR) is 83.2 cm³/mol. The minimum Gasteiger partial charge on any atom is -0.334 e. The molecule has 6 heteroatoms. The van der Waals surface area contributed by atoms with E-state index < -0.39 is 5.95 Å². The van der Waals surface area contributed by atoms with Crippen molar-refractivity contribution in [3.05, 3.63) is 78.4 Å². The van der Waals surface area contributed by atoms with E-state index in [2.05, 4.69) is 21.0 Å². The summed E-state index contributed by atoms with van der Waals surface area (Å²) in [6.45, 7) is 0.479. The van der Waals surface area contributed by atoms with Gasteiger partial charge in [-0.3, -0.25) is 0 Å². The summed E-state index contributed by atoms with van der Waals surface area (Å²) < 4.78 is 13.0. The van der Waals surface area contributed by atoms with Crippen molar-refractivity contribution < 1.29 is 4.39 Å². The Bertz CT molecular complexity index is 810. The summed E-state index contributed by atoms with van der Waals surface area (Å²) >= 11 is 0. The van der Waals surface area contributed by atoms with Crippen molar-refractivity contribution >= 4 is 11.4 Å². The molecule has 3 rings (SSSR count). The molecule has 0 aliphatic rings. The molecule has 5 nitrogen and oxygen atoms in total. The maximum absolute atomic E-state index is 13.0. The number of rotatable bonds is 4. The van der Waals surface area contributed by atoms with Crippen molar-refractivity contribution in [1.29, 1.82) is 5.26 Å². The first-order chi connectivity index (χ1) is 11.3. The number of benzene rings is 1. The zero-order chi connectivity index (χ0) is 16.1.